The third-order valence-corrected chi connectivity index (χ3v) is 2.10. The normalized spacial score (nSPS) is 12.7. The molecule has 60 valence electrons. The molecule has 4 heteroatoms. The molecule has 3 nitrogen and oxygen atoms in total. The zero-order valence-electron chi connectivity index (χ0n) is 6.68. The van der Waals surface area contributed by atoms with Crippen molar-refractivity contribution in [2.45, 2.75) is 6.92 Å². The van der Waals surface area contributed by atoms with Crippen LogP contribution in [0.4, 0.5) is 0 Å². The lowest BCUT2D eigenvalue weighted by molar-refractivity contribution is -0.126. The maximum Gasteiger partial charge on any atom is 0.229 e. The second-order valence-corrected chi connectivity index (χ2v) is 4.04. The minimum Gasteiger partial charge on any atom is -0.346 e. The van der Waals surface area contributed by atoms with Gasteiger partial charge >= 0.3 is 0 Å². The molecule has 0 heterocycles. The largest absolute Gasteiger partial charge is 0.346 e. The molecule has 0 N–H and O–H groups in total. The van der Waals surface area contributed by atoms with Crippen molar-refractivity contribution < 1.29 is 9.36 Å². The Hall–Kier alpha value is -0.300. The highest BCUT2D eigenvalue weighted by molar-refractivity contribution is 7.44. The Morgan fingerprint density at radius 1 is 1.60 bits per heavy atom. The first-order chi connectivity index (χ1) is 4.57. The van der Waals surface area contributed by atoms with Gasteiger partial charge in [-0.05, 0) is 13.6 Å². The van der Waals surface area contributed by atoms with Crippen molar-refractivity contribution in [3.05, 3.63) is 0 Å². The maximum absolute atomic E-state index is 10.9. The molecule has 0 aliphatic heterocycles. The van der Waals surface area contributed by atoms with Crippen LogP contribution < -0.4 is 0 Å². The average Bonchev–Trinajstić information content (AvgIpc) is 1.85. The summed E-state index contributed by atoms with van der Waals surface area (Å²) in [5, 5.41) is 0. The van der Waals surface area contributed by atoms with Crippen LogP contribution in [0.15, 0.2) is 0 Å². The number of carbonyl (C=O) groups excluding carboxylic acids is 1. The zero-order valence-corrected chi connectivity index (χ0v) is 7.68. The summed E-state index contributed by atoms with van der Waals surface area (Å²) < 4.78 is 10.6. The first kappa shape index (κ1) is 9.70. The van der Waals surface area contributed by atoms with Gasteiger partial charge in [0.2, 0.25) is 5.91 Å². The summed E-state index contributed by atoms with van der Waals surface area (Å²) in [5.41, 5.74) is 0. The van der Waals surface area contributed by atoms with E-state index in [-0.39, 0.29) is 12.1 Å². The highest BCUT2D eigenvalue weighted by Gasteiger charge is 2.06. The third-order valence-electron chi connectivity index (χ3n) is 1.30. The smallest absolute Gasteiger partial charge is 0.229 e. The van der Waals surface area contributed by atoms with Crippen molar-refractivity contribution in [2.75, 3.05) is 26.4 Å². The molecule has 0 radical (unpaired) electrons. The molecule has 0 bridgehead atoms. The molecule has 0 saturated heterocycles. The summed E-state index contributed by atoms with van der Waals surface area (Å²) in [7, 11) is 0.0860. The van der Waals surface area contributed by atoms with Crippen LogP contribution >= 0.6 is 7.80 Å². The molecular weight excluding hydrogens is 149 g/mol. The van der Waals surface area contributed by atoms with Crippen LogP contribution in [0.2, 0.25) is 0 Å². The summed E-state index contributed by atoms with van der Waals surface area (Å²) in [5.74, 6) is -0.0195. The van der Waals surface area contributed by atoms with Gasteiger partial charge in [-0.3, -0.25) is 4.79 Å². The molecule has 0 saturated carbocycles. The second-order valence-electron chi connectivity index (χ2n) is 2.29. The number of nitrogens with zero attached hydrogens (tertiary/aromatic N) is 1. The van der Waals surface area contributed by atoms with E-state index in [9.17, 15) is 9.36 Å². The van der Waals surface area contributed by atoms with Crippen LogP contribution in [-0.2, 0) is 9.36 Å². The van der Waals surface area contributed by atoms with Crippen molar-refractivity contribution in [3.8, 4) is 0 Å². The van der Waals surface area contributed by atoms with E-state index >= 15 is 0 Å². The molecule has 1 atom stereocenters. The minimum atomic E-state index is -1.63. The Balaban J connectivity index is 3.73. The monoisotopic (exact) mass is 163 g/mol. The fourth-order valence-electron chi connectivity index (χ4n) is 0.524. The average molecular weight is 163 g/mol. The maximum atomic E-state index is 10.9. The Kier molecular flexibility index (Phi) is 4.37. The van der Waals surface area contributed by atoms with E-state index in [4.69, 9.17) is 0 Å². The predicted molar refractivity (Wildman–Crippen MR) is 43.1 cm³/mol. The molecule has 1 amide bonds. The van der Waals surface area contributed by atoms with Gasteiger partial charge in [-0.25, -0.2) is 0 Å². The number of hydrogen-bond acceptors (Lipinski definition) is 2. The number of hydrogen-bond donors (Lipinski definition) is 0. The van der Waals surface area contributed by atoms with Gasteiger partial charge in [0.15, 0.2) is 0 Å². The van der Waals surface area contributed by atoms with E-state index in [1.807, 2.05) is 6.92 Å². The van der Waals surface area contributed by atoms with Crippen LogP contribution in [0.5, 0.6) is 0 Å². The van der Waals surface area contributed by atoms with Gasteiger partial charge in [-0.15, -0.1) is 0 Å². The summed E-state index contributed by atoms with van der Waals surface area (Å²) in [4.78, 5) is 12.5. The van der Waals surface area contributed by atoms with E-state index < -0.39 is 7.80 Å². The third kappa shape index (κ3) is 3.67. The van der Waals surface area contributed by atoms with Gasteiger partial charge in [0.25, 0.3) is 0 Å². The molecule has 1 unspecified atom stereocenters. The van der Waals surface area contributed by atoms with E-state index in [1.165, 1.54) is 0 Å². The highest BCUT2D eigenvalue weighted by Crippen LogP contribution is 2.12. The Morgan fingerprint density at radius 2 is 2.10 bits per heavy atom. The van der Waals surface area contributed by atoms with Crippen molar-refractivity contribution in [2.24, 2.45) is 0 Å². The van der Waals surface area contributed by atoms with Crippen LogP contribution in [0.1, 0.15) is 6.92 Å². The Bertz CT molecular complexity index is 147. The van der Waals surface area contributed by atoms with E-state index in [2.05, 4.69) is 0 Å². The van der Waals surface area contributed by atoms with Gasteiger partial charge in [-0.2, -0.15) is 0 Å². The minimum absolute atomic E-state index is 0.0195. The lowest BCUT2D eigenvalue weighted by atomic mass is 10.5. The topological polar surface area (TPSA) is 37.4 Å². The fourth-order valence-corrected chi connectivity index (χ4v) is 1.22. The van der Waals surface area contributed by atoms with E-state index in [1.54, 1.807) is 18.6 Å². The quantitative estimate of drug-likeness (QED) is 0.573. The number of amides is 1. The fraction of sp³-hybridized carbons (Fsp3) is 0.833. The van der Waals surface area contributed by atoms with Gasteiger partial charge in [-0.1, -0.05) is 0 Å². The van der Waals surface area contributed by atoms with Crippen LogP contribution in [0.3, 0.4) is 0 Å². The summed E-state index contributed by atoms with van der Waals surface area (Å²) in [6.07, 6.45) is 0.217. The molecule has 0 aliphatic carbocycles. The lowest BCUT2D eigenvalue weighted by Crippen LogP contribution is -2.27. The predicted octanol–water partition coefficient (Wildman–Crippen LogP) is 0.654. The van der Waals surface area contributed by atoms with Crippen molar-refractivity contribution in [3.63, 3.8) is 0 Å². The molecule has 0 aliphatic rings. The molecule has 10 heavy (non-hydrogen) atoms. The molecule has 0 spiro atoms. The molecule has 0 aromatic heterocycles. The van der Waals surface area contributed by atoms with Crippen LogP contribution in [0.25, 0.3) is 0 Å². The Morgan fingerprint density at radius 3 is 2.40 bits per heavy atom. The van der Waals surface area contributed by atoms with E-state index in [0.717, 1.165) is 0 Å². The van der Waals surface area contributed by atoms with Crippen molar-refractivity contribution in [1.82, 2.24) is 4.90 Å². The van der Waals surface area contributed by atoms with Gasteiger partial charge in [0, 0.05) is 13.6 Å². The van der Waals surface area contributed by atoms with E-state index in [0.29, 0.717) is 6.54 Å². The number of carbonyl (C=O) groups is 1. The summed E-state index contributed by atoms with van der Waals surface area (Å²) >= 11 is 0. The van der Waals surface area contributed by atoms with Gasteiger partial charge in [0.1, 0.15) is 0 Å². The number of rotatable bonds is 3. The zero-order chi connectivity index (χ0) is 8.15. The van der Waals surface area contributed by atoms with Gasteiger partial charge in [0.05, 0.1) is 14.0 Å². The molecule has 0 aromatic carbocycles. The lowest BCUT2D eigenvalue weighted by Gasteiger charge is -2.12. The van der Waals surface area contributed by atoms with Crippen molar-refractivity contribution in [1.29, 1.82) is 0 Å². The molecule has 0 rings (SSSR count). The standard InChI is InChI=1S/C6H14NO2P/c1-4-7(2)6(8)5-10(3)9/h10H,4-5H2,1-3H3. The van der Waals surface area contributed by atoms with Crippen LogP contribution in [-0.4, -0.2) is 37.2 Å². The first-order valence-electron chi connectivity index (χ1n) is 3.31. The summed E-state index contributed by atoms with van der Waals surface area (Å²) in [6.45, 7) is 4.19. The highest BCUT2D eigenvalue weighted by atomic mass is 31.1. The van der Waals surface area contributed by atoms with Crippen LogP contribution in [0, 0.1) is 0 Å². The van der Waals surface area contributed by atoms with Gasteiger partial charge < -0.3 is 9.46 Å². The molecule has 0 aromatic rings. The molecular formula is C6H14NO2P. The SMILES string of the molecule is CCN(C)C(=O)C[PH](C)=O. The summed E-state index contributed by atoms with van der Waals surface area (Å²) in [6, 6.07) is 0. The Labute approximate surface area is 62.2 Å². The van der Waals surface area contributed by atoms with Crippen molar-refractivity contribution >= 4 is 13.7 Å². The molecule has 0 fully saturated rings. The first-order valence-corrected chi connectivity index (χ1v) is 5.42. The second kappa shape index (κ2) is 4.51.